The maximum absolute atomic E-state index is 3.61. The topological polar surface area (TPSA) is 0 Å². The van der Waals surface area contributed by atoms with Crippen LogP contribution < -0.4 is 0 Å². The van der Waals surface area contributed by atoms with Crippen LogP contribution in [0.5, 0.6) is 0 Å². The molecule has 17 heavy (non-hydrogen) atoms. The van der Waals surface area contributed by atoms with E-state index in [1.807, 2.05) is 0 Å². The molecule has 0 saturated carbocycles. The van der Waals surface area contributed by atoms with Gasteiger partial charge in [0.15, 0.2) is 0 Å². The summed E-state index contributed by atoms with van der Waals surface area (Å²) in [6, 6.07) is 9.10. The lowest BCUT2D eigenvalue weighted by atomic mass is 10.0. The van der Waals surface area contributed by atoms with Crippen molar-refractivity contribution in [3.8, 4) is 11.1 Å². The zero-order valence-electron chi connectivity index (χ0n) is 9.77. The molecule has 0 unspecified atom stereocenters. The number of fused-ring (bicyclic) bond motifs is 3. The van der Waals surface area contributed by atoms with E-state index in [0.29, 0.717) is 0 Å². The van der Waals surface area contributed by atoms with Crippen LogP contribution in [0.2, 0.25) is 0 Å². The van der Waals surface area contributed by atoms with Crippen LogP contribution in [0.4, 0.5) is 0 Å². The highest BCUT2D eigenvalue weighted by Gasteiger charge is 2.20. The van der Waals surface area contributed by atoms with E-state index in [1.165, 1.54) is 42.3 Å². The van der Waals surface area contributed by atoms with Crippen molar-refractivity contribution in [3.63, 3.8) is 0 Å². The van der Waals surface area contributed by atoms with Crippen LogP contribution in [0.1, 0.15) is 22.3 Å². The molecule has 2 aromatic carbocycles. The molecule has 86 valence electrons. The summed E-state index contributed by atoms with van der Waals surface area (Å²) in [4.78, 5) is 0. The van der Waals surface area contributed by atoms with E-state index in [4.69, 9.17) is 0 Å². The lowest BCUT2D eigenvalue weighted by molar-refractivity contribution is 1.24. The number of halogens is 2. The molecule has 1 aliphatic carbocycles. The molecule has 0 heterocycles. The van der Waals surface area contributed by atoms with Crippen molar-refractivity contribution >= 4 is 31.9 Å². The van der Waals surface area contributed by atoms with E-state index in [0.717, 1.165) is 6.42 Å². The third-order valence-electron chi connectivity index (χ3n) is 3.44. The summed E-state index contributed by atoms with van der Waals surface area (Å²) in [7, 11) is 0. The van der Waals surface area contributed by atoms with Crippen molar-refractivity contribution in [1.82, 2.24) is 0 Å². The van der Waals surface area contributed by atoms with Gasteiger partial charge >= 0.3 is 0 Å². The second kappa shape index (κ2) is 3.96. The largest absolute Gasteiger partial charge is 0.0505 e. The summed E-state index contributed by atoms with van der Waals surface area (Å²) in [6.07, 6.45) is 1.04. The Kier molecular flexibility index (Phi) is 2.68. The minimum Gasteiger partial charge on any atom is -0.0505 e. The van der Waals surface area contributed by atoms with Gasteiger partial charge in [-0.05, 0) is 65.8 Å². The van der Waals surface area contributed by atoms with Gasteiger partial charge in [0, 0.05) is 8.95 Å². The Bertz CT molecular complexity index is 572. The van der Waals surface area contributed by atoms with Crippen molar-refractivity contribution < 1.29 is 0 Å². The van der Waals surface area contributed by atoms with Gasteiger partial charge in [0.2, 0.25) is 0 Å². The van der Waals surface area contributed by atoms with E-state index >= 15 is 0 Å². The third-order valence-corrected chi connectivity index (χ3v) is 5.15. The Morgan fingerprint density at radius 3 is 1.59 bits per heavy atom. The highest BCUT2D eigenvalue weighted by atomic mass is 79.9. The maximum atomic E-state index is 3.61. The van der Waals surface area contributed by atoms with Gasteiger partial charge in [0.25, 0.3) is 0 Å². The number of rotatable bonds is 0. The van der Waals surface area contributed by atoms with Crippen LogP contribution in [0, 0.1) is 13.8 Å². The molecule has 0 fully saturated rings. The van der Waals surface area contributed by atoms with Crippen molar-refractivity contribution in [2.45, 2.75) is 20.3 Å². The Labute approximate surface area is 118 Å². The zero-order chi connectivity index (χ0) is 12.2. The summed E-state index contributed by atoms with van der Waals surface area (Å²) < 4.78 is 2.42. The summed E-state index contributed by atoms with van der Waals surface area (Å²) >= 11 is 7.23. The molecule has 0 atom stereocenters. The highest BCUT2D eigenvalue weighted by Crippen LogP contribution is 2.41. The van der Waals surface area contributed by atoms with Crippen LogP contribution >= 0.6 is 31.9 Å². The van der Waals surface area contributed by atoms with Crippen LogP contribution in [-0.2, 0) is 6.42 Å². The molecule has 0 amide bonds. The van der Waals surface area contributed by atoms with Gasteiger partial charge in [-0.15, -0.1) is 0 Å². The molecule has 0 nitrogen and oxygen atoms in total. The number of benzene rings is 2. The molecule has 2 aromatic rings. The molecule has 2 heteroatoms. The summed E-state index contributed by atoms with van der Waals surface area (Å²) in [6.45, 7) is 4.29. The fraction of sp³-hybridized carbons (Fsp3) is 0.200. The van der Waals surface area contributed by atoms with Crippen molar-refractivity contribution in [1.29, 1.82) is 0 Å². The van der Waals surface area contributed by atoms with Gasteiger partial charge < -0.3 is 0 Å². The van der Waals surface area contributed by atoms with Gasteiger partial charge in [-0.1, -0.05) is 44.0 Å². The minimum atomic E-state index is 1.04. The third kappa shape index (κ3) is 1.78. The van der Waals surface area contributed by atoms with E-state index in [-0.39, 0.29) is 0 Å². The molecule has 0 radical (unpaired) electrons. The Morgan fingerprint density at radius 1 is 0.765 bits per heavy atom. The summed E-state index contributed by atoms with van der Waals surface area (Å²) in [5.41, 5.74) is 8.26. The molecule has 0 aliphatic heterocycles. The number of hydrogen-bond donors (Lipinski definition) is 0. The van der Waals surface area contributed by atoms with Crippen molar-refractivity contribution in [2.24, 2.45) is 0 Å². The molecule has 0 spiro atoms. The summed E-state index contributed by atoms with van der Waals surface area (Å²) in [5.74, 6) is 0. The molecule has 0 N–H and O–H groups in total. The Balaban J connectivity index is 2.27. The van der Waals surface area contributed by atoms with Crippen molar-refractivity contribution in [3.05, 3.63) is 55.5 Å². The first kappa shape index (κ1) is 11.5. The fourth-order valence-electron chi connectivity index (χ4n) is 2.44. The first-order valence-corrected chi connectivity index (χ1v) is 7.23. The van der Waals surface area contributed by atoms with Gasteiger partial charge in [-0.25, -0.2) is 0 Å². The monoisotopic (exact) mass is 350 g/mol. The number of hydrogen-bond acceptors (Lipinski definition) is 0. The molecular formula is C15H12Br2. The average molecular weight is 352 g/mol. The van der Waals surface area contributed by atoms with E-state index in [2.05, 4.69) is 70.0 Å². The normalized spacial score (nSPS) is 12.5. The lowest BCUT2D eigenvalue weighted by Crippen LogP contribution is -1.83. The molecule has 0 saturated heterocycles. The molecule has 0 bridgehead atoms. The summed E-state index contributed by atoms with van der Waals surface area (Å²) in [5, 5.41) is 0. The van der Waals surface area contributed by atoms with Gasteiger partial charge in [0.05, 0.1) is 0 Å². The van der Waals surface area contributed by atoms with Crippen LogP contribution in [0.15, 0.2) is 33.2 Å². The quantitative estimate of drug-likeness (QED) is 0.508. The Hall–Kier alpha value is -0.600. The molecular weight excluding hydrogens is 340 g/mol. The second-order valence-corrected chi connectivity index (χ2v) is 6.40. The van der Waals surface area contributed by atoms with Gasteiger partial charge in [-0.2, -0.15) is 0 Å². The van der Waals surface area contributed by atoms with Crippen LogP contribution in [0.3, 0.4) is 0 Å². The van der Waals surface area contributed by atoms with Crippen molar-refractivity contribution in [2.75, 3.05) is 0 Å². The lowest BCUT2D eigenvalue weighted by Gasteiger charge is -2.06. The first-order valence-electron chi connectivity index (χ1n) is 5.64. The SMILES string of the molecule is Cc1cc2c(cc1Br)Cc1cc(Br)c(C)cc1-2. The van der Waals surface area contributed by atoms with Crippen LogP contribution in [0.25, 0.3) is 11.1 Å². The zero-order valence-corrected chi connectivity index (χ0v) is 12.9. The van der Waals surface area contributed by atoms with E-state index < -0.39 is 0 Å². The molecule has 3 rings (SSSR count). The van der Waals surface area contributed by atoms with Gasteiger partial charge in [0.1, 0.15) is 0 Å². The standard InChI is InChI=1S/C15H12Br2/c1-8-3-12-10(6-14(8)16)5-11-7-15(17)9(2)4-13(11)12/h3-4,6-7H,5H2,1-2H3. The van der Waals surface area contributed by atoms with E-state index in [9.17, 15) is 0 Å². The smallest absolute Gasteiger partial charge is 0.0207 e. The van der Waals surface area contributed by atoms with E-state index in [1.54, 1.807) is 0 Å². The van der Waals surface area contributed by atoms with Gasteiger partial charge in [-0.3, -0.25) is 0 Å². The van der Waals surface area contributed by atoms with Crippen LogP contribution in [-0.4, -0.2) is 0 Å². The minimum absolute atomic E-state index is 1.04. The second-order valence-electron chi connectivity index (χ2n) is 4.69. The molecule has 1 aliphatic rings. The number of aryl methyl sites for hydroxylation is 2. The molecule has 0 aromatic heterocycles. The first-order chi connectivity index (χ1) is 8.06. The maximum Gasteiger partial charge on any atom is 0.0207 e. The fourth-order valence-corrected chi connectivity index (χ4v) is 3.23. The predicted molar refractivity (Wildman–Crippen MR) is 79.6 cm³/mol. The predicted octanol–water partition coefficient (Wildman–Crippen LogP) is 5.40. The highest BCUT2D eigenvalue weighted by molar-refractivity contribution is 9.10. The average Bonchev–Trinajstić information content (AvgIpc) is 2.58. The Morgan fingerprint density at radius 2 is 1.18 bits per heavy atom.